The van der Waals surface area contributed by atoms with Crippen molar-refractivity contribution in [2.45, 2.75) is 6.54 Å². The first kappa shape index (κ1) is 13.8. The first-order valence-electron chi connectivity index (χ1n) is 5.89. The van der Waals surface area contributed by atoms with Crippen molar-refractivity contribution in [2.24, 2.45) is 0 Å². The molecule has 0 aliphatic carbocycles. The van der Waals surface area contributed by atoms with E-state index in [0.717, 1.165) is 11.6 Å². The van der Waals surface area contributed by atoms with Crippen LogP contribution in [-0.2, 0) is 6.54 Å². The summed E-state index contributed by atoms with van der Waals surface area (Å²) >= 11 is 0. The number of nitrogens with one attached hydrogen (secondary N) is 2. The molecule has 1 heterocycles. The third kappa shape index (κ3) is 3.21. The third-order valence-corrected chi connectivity index (χ3v) is 2.56. The monoisotopic (exact) mass is 275 g/mol. The quantitative estimate of drug-likeness (QED) is 0.643. The minimum atomic E-state index is -0.690. The molecular weight excluding hydrogens is 262 g/mol. The van der Waals surface area contributed by atoms with E-state index in [9.17, 15) is 14.9 Å². The zero-order chi connectivity index (χ0) is 14.5. The highest BCUT2D eigenvalue weighted by molar-refractivity contribution is 6.02. The second-order valence-corrected chi connectivity index (χ2v) is 4.08. The molecule has 0 bridgehead atoms. The zero-order valence-electron chi connectivity index (χ0n) is 10.8. The van der Waals surface area contributed by atoms with Crippen molar-refractivity contribution < 1.29 is 14.1 Å². The number of hydrogen-bond acceptors (Lipinski definition) is 5. The smallest absolute Gasteiger partial charge is 0.395 e. The predicted octanol–water partition coefficient (Wildman–Crippen LogP) is 2.16. The van der Waals surface area contributed by atoms with Crippen molar-refractivity contribution in [3.05, 3.63) is 57.8 Å². The van der Waals surface area contributed by atoms with Gasteiger partial charge in [-0.15, -0.1) is 0 Å². The molecule has 2 aromatic rings. The van der Waals surface area contributed by atoms with Gasteiger partial charge in [-0.3, -0.25) is 14.9 Å². The van der Waals surface area contributed by atoms with Gasteiger partial charge in [0.1, 0.15) is 4.92 Å². The number of furan rings is 1. The maximum atomic E-state index is 11.9. The molecule has 1 aromatic heterocycles. The summed E-state index contributed by atoms with van der Waals surface area (Å²) in [6.45, 7) is 0.677. The summed E-state index contributed by atoms with van der Waals surface area (Å²) in [5, 5.41) is 16.1. The maximum absolute atomic E-state index is 11.9. The lowest BCUT2D eigenvalue weighted by molar-refractivity contribution is -0.402. The highest BCUT2D eigenvalue weighted by Crippen LogP contribution is 2.17. The van der Waals surface area contributed by atoms with Crippen LogP contribution in [0.2, 0.25) is 0 Å². The van der Waals surface area contributed by atoms with Gasteiger partial charge in [0.2, 0.25) is 0 Å². The maximum Gasteiger partial charge on any atom is 0.433 e. The standard InChI is InChI=1S/C13H13N3O4/c1-14-8-9-3-2-4-10(7-9)15-13(17)11-5-6-12(20-11)16(18)19/h2-7,14H,8H2,1H3,(H,15,17). The summed E-state index contributed by atoms with van der Waals surface area (Å²) in [6.07, 6.45) is 0. The van der Waals surface area contributed by atoms with E-state index in [-0.39, 0.29) is 5.76 Å². The van der Waals surface area contributed by atoms with E-state index in [1.165, 1.54) is 6.07 Å². The lowest BCUT2D eigenvalue weighted by Gasteiger charge is -2.05. The van der Waals surface area contributed by atoms with Crippen LogP contribution in [0.25, 0.3) is 0 Å². The van der Waals surface area contributed by atoms with E-state index in [2.05, 4.69) is 10.6 Å². The van der Waals surface area contributed by atoms with E-state index in [1.807, 2.05) is 25.2 Å². The number of carbonyl (C=O) groups is 1. The van der Waals surface area contributed by atoms with Gasteiger partial charge in [0, 0.05) is 12.2 Å². The van der Waals surface area contributed by atoms with Crippen LogP contribution in [0.15, 0.2) is 40.8 Å². The Morgan fingerprint density at radius 3 is 2.80 bits per heavy atom. The number of benzene rings is 1. The molecule has 2 N–H and O–H groups in total. The van der Waals surface area contributed by atoms with E-state index in [0.29, 0.717) is 12.2 Å². The summed E-state index contributed by atoms with van der Waals surface area (Å²) in [6, 6.07) is 9.69. The van der Waals surface area contributed by atoms with E-state index in [1.54, 1.807) is 6.07 Å². The molecule has 7 nitrogen and oxygen atoms in total. The summed E-state index contributed by atoms with van der Waals surface area (Å²) in [7, 11) is 1.83. The number of hydrogen-bond donors (Lipinski definition) is 2. The van der Waals surface area contributed by atoms with Crippen LogP contribution in [0.3, 0.4) is 0 Å². The average Bonchev–Trinajstić information content (AvgIpc) is 2.89. The fourth-order valence-corrected chi connectivity index (χ4v) is 1.70. The van der Waals surface area contributed by atoms with Crippen LogP contribution >= 0.6 is 0 Å². The van der Waals surface area contributed by atoms with Gasteiger partial charge < -0.3 is 15.1 Å². The van der Waals surface area contributed by atoms with Crippen LogP contribution < -0.4 is 10.6 Å². The Morgan fingerprint density at radius 1 is 1.35 bits per heavy atom. The Balaban J connectivity index is 2.10. The molecule has 0 saturated heterocycles. The molecule has 0 spiro atoms. The summed E-state index contributed by atoms with van der Waals surface area (Å²) in [5.41, 5.74) is 1.61. The third-order valence-electron chi connectivity index (χ3n) is 2.56. The number of nitro groups is 1. The molecule has 1 aromatic carbocycles. The van der Waals surface area contributed by atoms with Gasteiger partial charge in [0.25, 0.3) is 5.91 Å². The second kappa shape index (κ2) is 5.98. The van der Waals surface area contributed by atoms with Gasteiger partial charge in [0.05, 0.1) is 6.07 Å². The summed E-state index contributed by atoms with van der Waals surface area (Å²) in [5.74, 6) is -1.09. The highest BCUT2D eigenvalue weighted by atomic mass is 16.6. The van der Waals surface area contributed by atoms with Gasteiger partial charge >= 0.3 is 5.88 Å². The predicted molar refractivity (Wildman–Crippen MR) is 72.5 cm³/mol. The minimum absolute atomic E-state index is 0.101. The van der Waals surface area contributed by atoms with Crippen LogP contribution in [0, 0.1) is 10.1 Å². The first-order chi connectivity index (χ1) is 9.60. The molecule has 0 unspecified atom stereocenters. The number of amides is 1. The molecule has 0 saturated carbocycles. The molecule has 7 heteroatoms. The Morgan fingerprint density at radius 2 is 2.15 bits per heavy atom. The van der Waals surface area contributed by atoms with Crippen LogP contribution in [0.1, 0.15) is 16.1 Å². The first-order valence-corrected chi connectivity index (χ1v) is 5.89. The number of anilines is 1. The average molecular weight is 275 g/mol. The van der Waals surface area contributed by atoms with Crippen LogP contribution in [0.5, 0.6) is 0 Å². The summed E-state index contributed by atoms with van der Waals surface area (Å²) < 4.78 is 4.83. The van der Waals surface area contributed by atoms with Crippen molar-refractivity contribution in [3.63, 3.8) is 0 Å². The highest BCUT2D eigenvalue weighted by Gasteiger charge is 2.17. The van der Waals surface area contributed by atoms with Gasteiger partial charge in [-0.25, -0.2) is 0 Å². The fourth-order valence-electron chi connectivity index (χ4n) is 1.70. The zero-order valence-corrected chi connectivity index (χ0v) is 10.8. The molecule has 0 radical (unpaired) electrons. The van der Waals surface area contributed by atoms with E-state index in [4.69, 9.17) is 4.42 Å². The molecule has 0 aliphatic rings. The minimum Gasteiger partial charge on any atom is -0.395 e. The molecular formula is C13H13N3O4. The SMILES string of the molecule is CNCc1cccc(NC(=O)c2ccc([N+](=O)[O-])o2)c1. The second-order valence-electron chi connectivity index (χ2n) is 4.08. The Labute approximate surface area is 114 Å². The van der Waals surface area contributed by atoms with Gasteiger partial charge in [0.15, 0.2) is 5.76 Å². The number of rotatable bonds is 5. The van der Waals surface area contributed by atoms with Gasteiger partial charge in [-0.1, -0.05) is 12.1 Å². The van der Waals surface area contributed by atoms with Crippen molar-refractivity contribution in [2.75, 3.05) is 12.4 Å². The molecule has 2 rings (SSSR count). The van der Waals surface area contributed by atoms with Crippen LogP contribution in [0.4, 0.5) is 11.6 Å². The van der Waals surface area contributed by atoms with E-state index >= 15 is 0 Å². The number of nitrogens with zero attached hydrogens (tertiary/aromatic N) is 1. The molecule has 0 aliphatic heterocycles. The largest absolute Gasteiger partial charge is 0.433 e. The lowest BCUT2D eigenvalue weighted by Crippen LogP contribution is -2.11. The topological polar surface area (TPSA) is 97.4 Å². The normalized spacial score (nSPS) is 10.2. The van der Waals surface area contributed by atoms with Gasteiger partial charge in [-0.05, 0) is 30.8 Å². The van der Waals surface area contributed by atoms with E-state index < -0.39 is 16.7 Å². The molecule has 20 heavy (non-hydrogen) atoms. The van der Waals surface area contributed by atoms with Gasteiger partial charge in [-0.2, -0.15) is 0 Å². The Bertz CT molecular complexity index is 636. The molecule has 1 amide bonds. The van der Waals surface area contributed by atoms with Crippen molar-refractivity contribution in [3.8, 4) is 0 Å². The molecule has 0 fully saturated rings. The van der Waals surface area contributed by atoms with Crippen molar-refractivity contribution >= 4 is 17.5 Å². The summed E-state index contributed by atoms with van der Waals surface area (Å²) in [4.78, 5) is 21.7. The Kier molecular flexibility index (Phi) is 4.11. The fraction of sp³-hybridized carbons (Fsp3) is 0.154. The van der Waals surface area contributed by atoms with Crippen LogP contribution in [-0.4, -0.2) is 17.9 Å². The number of carbonyl (C=O) groups excluding carboxylic acids is 1. The van der Waals surface area contributed by atoms with Crippen molar-refractivity contribution in [1.29, 1.82) is 0 Å². The lowest BCUT2D eigenvalue weighted by atomic mass is 10.2. The molecule has 104 valence electrons. The van der Waals surface area contributed by atoms with Crippen molar-refractivity contribution in [1.82, 2.24) is 5.32 Å². The molecule has 0 atom stereocenters. The Hall–Kier alpha value is -2.67.